The van der Waals surface area contributed by atoms with Gasteiger partial charge in [0.25, 0.3) is 5.91 Å². The van der Waals surface area contributed by atoms with Gasteiger partial charge in [0.1, 0.15) is 0 Å². The molecule has 0 unspecified atom stereocenters. The zero-order valence-electron chi connectivity index (χ0n) is 13.8. The highest BCUT2D eigenvalue weighted by Crippen LogP contribution is 2.15. The maximum atomic E-state index is 12.2. The van der Waals surface area contributed by atoms with Crippen molar-refractivity contribution in [1.82, 2.24) is 5.32 Å². The van der Waals surface area contributed by atoms with Crippen LogP contribution in [-0.2, 0) is 11.3 Å². The molecule has 0 radical (unpaired) electrons. The maximum absolute atomic E-state index is 12.2. The van der Waals surface area contributed by atoms with E-state index in [4.69, 9.17) is 11.6 Å². The Balaban J connectivity index is 1.91. The van der Waals surface area contributed by atoms with E-state index in [9.17, 15) is 9.59 Å². The molecular formula is C19H21ClN2O2. The largest absolute Gasteiger partial charge is 0.348 e. The van der Waals surface area contributed by atoms with Crippen molar-refractivity contribution in [2.45, 2.75) is 26.8 Å². The van der Waals surface area contributed by atoms with E-state index in [2.05, 4.69) is 10.6 Å². The summed E-state index contributed by atoms with van der Waals surface area (Å²) in [5, 5.41) is 6.27. The normalized spacial score (nSPS) is 10.5. The third-order valence-electron chi connectivity index (χ3n) is 3.42. The molecule has 24 heavy (non-hydrogen) atoms. The smallest absolute Gasteiger partial charge is 0.251 e. The SMILES string of the molecule is CC(C)CC(=O)Nc1ccc(C(=O)NCc2ccccc2Cl)cc1. The number of carbonyl (C=O) groups is 2. The number of anilines is 1. The molecular weight excluding hydrogens is 324 g/mol. The summed E-state index contributed by atoms with van der Waals surface area (Å²) in [6.45, 7) is 4.35. The van der Waals surface area contributed by atoms with Gasteiger partial charge in [-0.25, -0.2) is 0 Å². The van der Waals surface area contributed by atoms with Crippen LogP contribution in [0.25, 0.3) is 0 Å². The minimum atomic E-state index is -0.185. The number of hydrogen-bond acceptors (Lipinski definition) is 2. The quantitative estimate of drug-likeness (QED) is 0.822. The first kappa shape index (κ1) is 18.0. The molecule has 0 aromatic heterocycles. The fraction of sp³-hybridized carbons (Fsp3) is 0.263. The molecule has 0 saturated heterocycles. The summed E-state index contributed by atoms with van der Waals surface area (Å²) in [4.78, 5) is 23.9. The van der Waals surface area contributed by atoms with Crippen molar-refractivity contribution < 1.29 is 9.59 Å². The number of nitrogens with one attached hydrogen (secondary N) is 2. The van der Waals surface area contributed by atoms with Crippen LogP contribution in [0.4, 0.5) is 5.69 Å². The Hall–Kier alpha value is -2.33. The molecule has 0 fully saturated rings. The number of benzene rings is 2. The topological polar surface area (TPSA) is 58.2 Å². The molecule has 126 valence electrons. The fourth-order valence-electron chi connectivity index (χ4n) is 2.21. The van der Waals surface area contributed by atoms with Crippen LogP contribution in [0.15, 0.2) is 48.5 Å². The van der Waals surface area contributed by atoms with Gasteiger partial charge in [-0.05, 0) is 41.8 Å². The molecule has 2 N–H and O–H groups in total. The van der Waals surface area contributed by atoms with Gasteiger partial charge in [0.15, 0.2) is 0 Å². The second-order valence-electron chi connectivity index (χ2n) is 6.00. The van der Waals surface area contributed by atoms with Crippen molar-refractivity contribution in [3.63, 3.8) is 0 Å². The molecule has 0 atom stereocenters. The molecule has 2 rings (SSSR count). The van der Waals surface area contributed by atoms with Gasteiger partial charge >= 0.3 is 0 Å². The Labute approximate surface area is 147 Å². The zero-order chi connectivity index (χ0) is 17.5. The highest BCUT2D eigenvalue weighted by molar-refractivity contribution is 6.31. The Kier molecular flexibility index (Phi) is 6.38. The van der Waals surface area contributed by atoms with Crippen molar-refractivity contribution in [3.05, 3.63) is 64.7 Å². The molecule has 2 amide bonds. The first-order chi connectivity index (χ1) is 11.5. The Morgan fingerprint density at radius 1 is 1.04 bits per heavy atom. The van der Waals surface area contributed by atoms with E-state index in [-0.39, 0.29) is 11.8 Å². The standard InChI is InChI=1S/C19H21ClN2O2/c1-13(2)11-18(23)22-16-9-7-14(8-10-16)19(24)21-12-15-5-3-4-6-17(15)20/h3-10,13H,11-12H2,1-2H3,(H,21,24)(H,22,23). The number of carbonyl (C=O) groups excluding carboxylic acids is 2. The van der Waals surface area contributed by atoms with E-state index in [1.54, 1.807) is 30.3 Å². The lowest BCUT2D eigenvalue weighted by atomic mass is 10.1. The summed E-state index contributed by atoms with van der Waals surface area (Å²) >= 11 is 6.07. The average Bonchev–Trinajstić information content (AvgIpc) is 2.53. The minimum absolute atomic E-state index is 0.0269. The summed E-state index contributed by atoms with van der Waals surface area (Å²) in [5.74, 6) is 0.0933. The number of rotatable bonds is 6. The molecule has 0 spiro atoms. The lowest BCUT2D eigenvalue weighted by Crippen LogP contribution is -2.23. The van der Waals surface area contributed by atoms with Crippen LogP contribution in [0.1, 0.15) is 36.2 Å². The molecule has 2 aromatic carbocycles. The van der Waals surface area contributed by atoms with Crippen molar-refractivity contribution >= 4 is 29.1 Å². The van der Waals surface area contributed by atoms with E-state index < -0.39 is 0 Å². The number of halogens is 1. The molecule has 0 heterocycles. The molecule has 4 nitrogen and oxygen atoms in total. The number of hydrogen-bond donors (Lipinski definition) is 2. The van der Waals surface area contributed by atoms with Crippen LogP contribution in [0.5, 0.6) is 0 Å². The van der Waals surface area contributed by atoms with Crippen molar-refractivity contribution in [3.8, 4) is 0 Å². The van der Waals surface area contributed by atoms with Crippen LogP contribution in [0, 0.1) is 5.92 Å². The van der Waals surface area contributed by atoms with Gasteiger partial charge in [0, 0.05) is 29.2 Å². The lowest BCUT2D eigenvalue weighted by molar-refractivity contribution is -0.116. The van der Waals surface area contributed by atoms with E-state index >= 15 is 0 Å². The first-order valence-electron chi connectivity index (χ1n) is 7.87. The lowest BCUT2D eigenvalue weighted by Gasteiger charge is -2.09. The zero-order valence-corrected chi connectivity index (χ0v) is 14.6. The second-order valence-corrected chi connectivity index (χ2v) is 6.40. The second kappa shape index (κ2) is 8.50. The van der Waals surface area contributed by atoms with E-state index in [0.29, 0.717) is 35.2 Å². The minimum Gasteiger partial charge on any atom is -0.348 e. The van der Waals surface area contributed by atoms with Crippen LogP contribution in [-0.4, -0.2) is 11.8 Å². The highest BCUT2D eigenvalue weighted by Gasteiger charge is 2.08. The monoisotopic (exact) mass is 344 g/mol. The van der Waals surface area contributed by atoms with Crippen molar-refractivity contribution in [2.24, 2.45) is 5.92 Å². The molecule has 2 aromatic rings. The predicted molar refractivity (Wildman–Crippen MR) is 97.1 cm³/mol. The maximum Gasteiger partial charge on any atom is 0.251 e. The molecule has 0 saturated carbocycles. The van der Waals surface area contributed by atoms with Crippen LogP contribution >= 0.6 is 11.6 Å². The van der Waals surface area contributed by atoms with Gasteiger partial charge in [-0.1, -0.05) is 43.6 Å². The molecule has 0 aliphatic carbocycles. The van der Waals surface area contributed by atoms with Gasteiger partial charge < -0.3 is 10.6 Å². The summed E-state index contributed by atoms with van der Waals surface area (Å²) in [6, 6.07) is 14.2. The van der Waals surface area contributed by atoms with Gasteiger partial charge in [0.05, 0.1) is 0 Å². The van der Waals surface area contributed by atoms with Crippen LogP contribution < -0.4 is 10.6 Å². The summed E-state index contributed by atoms with van der Waals surface area (Å²) in [6.07, 6.45) is 0.472. The Morgan fingerprint density at radius 2 is 1.71 bits per heavy atom. The highest BCUT2D eigenvalue weighted by atomic mass is 35.5. The molecule has 0 aliphatic heterocycles. The molecule has 0 aliphatic rings. The average molecular weight is 345 g/mol. The molecule has 0 bridgehead atoms. The third-order valence-corrected chi connectivity index (χ3v) is 3.79. The summed E-state index contributed by atoms with van der Waals surface area (Å²) in [5.41, 5.74) is 2.08. The van der Waals surface area contributed by atoms with E-state index in [1.807, 2.05) is 32.0 Å². The van der Waals surface area contributed by atoms with Crippen molar-refractivity contribution in [1.29, 1.82) is 0 Å². The Bertz CT molecular complexity index is 712. The summed E-state index contributed by atoms with van der Waals surface area (Å²) < 4.78 is 0. The van der Waals surface area contributed by atoms with E-state index in [0.717, 1.165) is 5.56 Å². The van der Waals surface area contributed by atoms with Crippen LogP contribution in [0.3, 0.4) is 0 Å². The third kappa shape index (κ3) is 5.39. The first-order valence-corrected chi connectivity index (χ1v) is 8.25. The van der Waals surface area contributed by atoms with Gasteiger partial charge in [-0.2, -0.15) is 0 Å². The van der Waals surface area contributed by atoms with Gasteiger partial charge in [-0.15, -0.1) is 0 Å². The molecule has 5 heteroatoms. The predicted octanol–water partition coefficient (Wildman–Crippen LogP) is 4.25. The van der Waals surface area contributed by atoms with Crippen molar-refractivity contribution in [2.75, 3.05) is 5.32 Å². The fourth-order valence-corrected chi connectivity index (χ4v) is 2.41. The number of amides is 2. The van der Waals surface area contributed by atoms with Gasteiger partial charge in [0.2, 0.25) is 5.91 Å². The van der Waals surface area contributed by atoms with Gasteiger partial charge in [-0.3, -0.25) is 9.59 Å². The Morgan fingerprint density at radius 3 is 2.33 bits per heavy atom. The van der Waals surface area contributed by atoms with E-state index in [1.165, 1.54) is 0 Å². The summed E-state index contributed by atoms with van der Waals surface area (Å²) in [7, 11) is 0. The van der Waals surface area contributed by atoms with Crippen LogP contribution in [0.2, 0.25) is 5.02 Å².